The number of urea groups is 1. The van der Waals surface area contributed by atoms with Gasteiger partial charge in [0.1, 0.15) is 5.01 Å². The molecule has 1 saturated heterocycles. The second-order valence-electron chi connectivity index (χ2n) is 8.74. The average molecular weight is 463 g/mol. The molecule has 1 atom stereocenters. The fourth-order valence-electron chi connectivity index (χ4n) is 3.99. The predicted molar refractivity (Wildman–Crippen MR) is 133 cm³/mol. The number of likely N-dealkylation sites (tertiary alicyclic amines) is 1. The van der Waals surface area contributed by atoms with E-state index >= 15 is 0 Å². The third-order valence-electron chi connectivity index (χ3n) is 5.92. The number of hydrogen-bond donors (Lipinski definition) is 2. The first-order valence-electron chi connectivity index (χ1n) is 11.4. The lowest BCUT2D eigenvalue weighted by molar-refractivity contribution is -0.132. The summed E-state index contributed by atoms with van der Waals surface area (Å²) < 4.78 is 0. The van der Waals surface area contributed by atoms with Crippen molar-refractivity contribution >= 4 is 29.0 Å². The van der Waals surface area contributed by atoms with E-state index in [0.29, 0.717) is 19.5 Å². The van der Waals surface area contributed by atoms with Crippen LogP contribution in [0.25, 0.3) is 10.6 Å². The molecule has 1 aliphatic rings. The molecule has 2 heterocycles. The molecule has 0 aliphatic carbocycles. The summed E-state index contributed by atoms with van der Waals surface area (Å²) in [4.78, 5) is 31.7. The van der Waals surface area contributed by atoms with Gasteiger partial charge in [-0.15, -0.1) is 11.3 Å². The molecule has 2 N–H and O–H groups in total. The maximum absolute atomic E-state index is 12.9. The van der Waals surface area contributed by atoms with Gasteiger partial charge in [-0.25, -0.2) is 9.78 Å². The number of carbonyl (C=O) groups is 2. The Morgan fingerprint density at radius 1 is 1.06 bits per heavy atom. The Bertz CT molecular complexity index is 1090. The van der Waals surface area contributed by atoms with Crippen LogP contribution in [0.3, 0.4) is 0 Å². The minimum absolute atomic E-state index is 0.101. The van der Waals surface area contributed by atoms with Crippen LogP contribution in [0.5, 0.6) is 0 Å². The molecule has 1 unspecified atom stereocenters. The highest BCUT2D eigenvalue weighted by Gasteiger charge is 2.24. The molecule has 3 amide bonds. The summed E-state index contributed by atoms with van der Waals surface area (Å²) in [6.45, 7) is 6.05. The number of hydrogen-bond acceptors (Lipinski definition) is 4. The van der Waals surface area contributed by atoms with Crippen molar-refractivity contribution in [1.29, 1.82) is 0 Å². The Balaban J connectivity index is 1.25. The van der Waals surface area contributed by atoms with Crippen molar-refractivity contribution in [2.45, 2.75) is 33.1 Å². The van der Waals surface area contributed by atoms with E-state index in [1.807, 2.05) is 41.5 Å². The van der Waals surface area contributed by atoms with Crippen LogP contribution in [0.4, 0.5) is 10.5 Å². The molecule has 0 spiro atoms. The predicted octanol–water partition coefficient (Wildman–Crippen LogP) is 5.03. The number of amides is 3. The number of aromatic nitrogens is 1. The first-order valence-corrected chi connectivity index (χ1v) is 12.2. The number of nitrogens with one attached hydrogen (secondary N) is 2. The molecule has 1 aliphatic heterocycles. The second kappa shape index (κ2) is 10.6. The zero-order valence-corrected chi connectivity index (χ0v) is 20.0. The van der Waals surface area contributed by atoms with Gasteiger partial charge < -0.3 is 15.5 Å². The summed E-state index contributed by atoms with van der Waals surface area (Å²) in [7, 11) is 0. The van der Waals surface area contributed by atoms with Crippen LogP contribution in [0.1, 0.15) is 29.7 Å². The van der Waals surface area contributed by atoms with Crippen LogP contribution in [0, 0.1) is 19.8 Å². The van der Waals surface area contributed by atoms with Gasteiger partial charge in [0.2, 0.25) is 5.91 Å². The highest BCUT2D eigenvalue weighted by molar-refractivity contribution is 7.13. The van der Waals surface area contributed by atoms with Crippen molar-refractivity contribution in [3.8, 4) is 10.6 Å². The summed E-state index contributed by atoms with van der Waals surface area (Å²) in [5.74, 6) is 0.356. The second-order valence-corrected chi connectivity index (χ2v) is 9.59. The van der Waals surface area contributed by atoms with Crippen LogP contribution >= 0.6 is 11.3 Å². The molecule has 6 nitrogen and oxygen atoms in total. The Kier molecular flexibility index (Phi) is 7.40. The van der Waals surface area contributed by atoms with Gasteiger partial charge >= 0.3 is 6.03 Å². The summed E-state index contributed by atoms with van der Waals surface area (Å²) >= 11 is 1.57. The number of nitrogens with zero attached hydrogens (tertiary/aromatic N) is 2. The molecular weight excluding hydrogens is 432 g/mol. The topological polar surface area (TPSA) is 74.3 Å². The zero-order valence-electron chi connectivity index (χ0n) is 19.1. The summed E-state index contributed by atoms with van der Waals surface area (Å²) in [5.41, 5.74) is 5.03. The molecule has 172 valence electrons. The van der Waals surface area contributed by atoms with Gasteiger partial charge in [-0.2, -0.15) is 0 Å². The summed E-state index contributed by atoms with van der Waals surface area (Å²) in [6.07, 6.45) is 2.27. The normalized spacial score (nSPS) is 15.8. The number of piperidine rings is 1. The van der Waals surface area contributed by atoms with Crippen LogP contribution in [-0.2, 0) is 11.2 Å². The van der Waals surface area contributed by atoms with Crippen LogP contribution in [-0.4, -0.2) is 41.5 Å². The van der Waals surface area contributed by atoms with E-state index in [-0.39, 0.29) is 17.9 Å². The molecule has 1 aromatic heterocycles. The first kappa shape index (κ1) is 23.0. The Morgan fingerprint density at radius 3 is 2.48 bits per heavy atom. The Morgan fingerprint density at radius 2 is 1.76 bits per heavy atom. The molecule has 4 rings (SSSR count). The molecule has 33 heavy (non-hydrogen) atoms. The molecule has 7 heteroatoms. The highest BCUT2D eigenvalue weighted by Crippen LogP contribution is 2.25. The van der Waals surface area contributed by atoms with Gasteiger partial charge in [-0.1, -0.05) is 47.5 Å². The van der Waals surface area contributed by atoms with Gasteiger partial charge in [-0.05, 0) is 44.7 Å². The van der Waals surface area contributed by atoms with E-state index < -0.39 is 0 Å². The third-order valence-corrected chi connectivity index (χ3v) is 6.86. The number of rotatable bonds is 6. The lowest BCUT2D eigenvalue weighted by Gasteiger charge is -2.32. The number of thiazole rings is 1. The number of aryl methyl sites for hydroxylation is 2. The molecule has 0 saturated carbocycles. The number of anilines is 1. The maximum Gasteiger partial charge on any atom is 0.319 e. The largest absolute Gasteiger partial charge is 0.342 e. The zero-order chi connectivity index (χ0) is 23.2. The van der Waals surface area contributed by atoms with Crippen molar-refractivity contribution in [3.05, 3.63) is 70.7 Å². The highest BCUT2D eigenvalue weighted by atomic mass is 32.1. The fraction of sp³-hybridized carbons (Fsp3) is 0.346. The summed E-state index contributed by atoms with van der Waals surface area (Å²) in [5, 5.41) is 8.73. The third kappa shape index (κ3) is 6.42. The molecular formula is C26H30N4O2S. The van der Waals surface area contributed by atoms with E-state index in [1.165, 1.54) is 5.56 Å². The summed E-state index contributed by atoms with van der Waals surface area (Å²) in [6, 6.07) is 15.8. The van der Waals surface area contributed by atoms with Gasteiger partial charge in [0.05, 0.1) is 12.1 Å². The SMILES string of the molecule is Cc1ccc(NC(=O)NCC2CCCN(C(=O)Cc3csc(-c4ccc(C)cc4)n3)C2)cc1. The van der Waals surface area contributed by atoms with Crippen LogP contribution < -0.4 is 10.6 Å². The van der Waals surface area contributed by atoms with Gasteiger partial charge in [0, 0.05) is 36.3 Å². The molecule has 1 fully saturated rings. The van der Waals surface area contributed by atoms with Crippen molar-refractivity contribution in [1.82, 2.24) is 15.2 Å². The van der Waals surface area contributed by atoms with E-state index in [4.69, 9.17) is 0 Å². The van der Waals surface area contributed by atoms with E-state index in [1.54, 1.807) is 11.3 Å². The quantitative estimate of drug-likeness (QED) is 0.540. The van der Waals surface area contributed by atoms with Gasteiger partial charge in [0.15, 0.2) is 0 Å². The standard InChI is InChI=1S/C26H30N4O2S/c1-18-5-9-21(10-6-18)25-28-23(17-33-25)14-24(31)30-13-3-4-20(16-30)15-27-26(32)29-22-11-7-19(2)8-12-22/h5-12,17,20H,3-4,13-16H2,1-2H3,(H2,27,29,32). The van der Waals surface area contributed by atoms with Gasteiger partial charge in [0.25, 0.3) is 0 Å². The van der Waals surface area contributed by atoms with Crippen molar-refractivity contribution < 1.29 is 9.59 Å². The van der Waals surface area contributed by atoms with Crippen molar-refractivity contribution in [2.24, 2.45) is 5.92 Å². The Hall–Kier alpha value is -3.19. The monoisotopic (exact) mass is 462 g/mol. The van der Waals surface area contributed by atoms with Crippen LogP contribution in [0.2, 0.25) is 0 Å². The number of carbonyl (C=O) groups excluding carboxylic acids is 2. The minimum Gasteiger partial charge on any atom is -0.342 e. The molecule has 2 aromatic carbocycles. The van der Waals surface area contributed by atoms with E-state index in [9.17, 15) is 9.59 Å². The van der Waals surface area contributed by atoms with Crippen molar-refractivity contribution in [3.63, 3.8) is 0 Å². The van der Waals surface area contributed by atoms with Crippen LogP contribution in [0.15, 0.2) is 53.9 Å². The molecule has 0 bridgehead atoms. The smallest absolute Gasteiger partial charge is 0.319 e. The lowest BCUT2D eigenvalue weighted by atomic mass is 9.97. The average Bonchev–Trinajstić information content (AvgIpc) is 3.28. The lowest BCUT2D eigenvalue weighted by Crippen LogP contribution is -2.44. The fourth-order valence-corrected chi connectivity index (χ4v) is 4.82. The molecule has 0 radical (unpaired) electrons. The van der Waals surface area contributed by atoms with E-state index in [2.05, 4.69) is 46.8 Å². The van der Waals surface area contributed by atoms with E-state index in [0.717, 1.165) is 46.9 Å². The van der Waals surface area contributed by atoms with Crippen molar-refractivity contribution in [2.75, 3.05) is 25.0 Å². The van der Waals surface area contributed by atoms with Gasteiger partial charge in [-0.3, -0.25) is 4.79 Å². The number of benzene rings is 2. The Labute approximate surface area is 199 Å². The minimum atomic E-state index is -0.214. The maximum atomic E-state index is 12.9. The molecule has 3 aromatic rings. The first-order chi connectivity index (χ1) is 16.0.